The summed E-state index contributed by atoms with van der Waals surface area (Å²) in [6.07, 6.45) is 0.428. The van der Waals surface area contributed by atoms with Gasteiger partial charge in [0.15, 0.2) is 0 Å². The lowest BCUT2D eigenvalue weighted by Crippen LogP contribution is -2.27. The Labute approximate surface area is 157 Å². The summed E-state index contributed by atoms with van der Waals surface area (Å²) in [5, 5.41) is 9.34. The molecule has 1 aliphatic rings. The second kappa shape index (κ2) is 8.30. The van der Waals surface area contributed by atoms with Gasteiger partial charge in [0.05, 0.1) is 31.0 Å². The third kappa shape index (κ3) is 4.50. The first-order valence-electron chi connectivity index (χ1n) is 7.56. The normalized spacial score (nSPS) is 13.6. The Morgan fingerprint density at radius 3 is 2.36 bits per heavy atom. The number of benzene rings is 1. The third-order valence-corrected chi connectivity index (χ3v) is 3.47. The fourth-order valence-electron chi connectivity index (χ4n) is 2.35. The van der Waals surface area contributed by atoms with Crippen LogP contribution >= 0.6 is 0 Å². The van der Waals surface area contributed by atoms with Crippen LogP contribution in [0.4, 0.5) is 18.9 Å². The number of carbonyl (C=O) groups excluding carboxylic acids is 2. The molecule has 28 heavy (non-hydrogen) atoms. The molecule has 0 spiro atoms. The number of nitriles is 1. The molecule has 7 nitrogen and oxygen atoms in total. The van der Waals surface area contributed by atoms with Gasteiger partial charge in [-0.3, -0.25) is 0 Å². The van der Waals surface area contributed by atoms with Crippen molar-refractivity contribution in [1.82, 2.24) is 0 Å². The summed E-state index contributed by atoms with van der Waals surface area (Å²) in [4.78, 5) is 25.5. The minimum atomic E-state index is -4.96. The highest BCUT2D eigenvalue weighted by Crippen LogP contribution is 2.33. The first kappa shape index (κ1) is 20.6. The maximum absolute atomic E-state index is 12.6. The highest BCUT2D eigenvalue weighted by molar-refractivity contribution is 6.05. The maximum atomic E-state index is 12.6. The van der Waals surface area contributed by atoms with Gasteiger partial charge in [0.1, 0.15) is 17.5 Å². The van der Waals surface area contributed by atoms with Crippen LogP contribution < -0.4 is 9.64 Å². The van der Waals surface area contributed by atoms with Gasteiger partial charge in [-0.2, -0.15) is 5.26 Å². The number of hydrogen-bond donors (Lipinski definition) is 0. The SMILES string of the molecule is COC(=O)C1=C(C(=O)OC)N(c2cc(OC(F)(F)F)ccc2C#N)C=CC=C1. The number of halogens is 3. The molecule has 0 aliphatic carbocycles. The van der Waals surface area contributed by atoms with Crippen LogP contribution in [0.3, 0.4) is 0 Å². The summed E-state index contributed by atoms with van der Waals surface area (Å²) in [5.41, 5.74) is -0.775. The zero-order chi connectivity index (χ0) is 20.9. The van der Waals surface area contributed by atoms with E-state index in [4.69, 9.17) is 4.74 Å². The number of anilines is 1. The van der Waals surface area contributed by atoms with Gasteiger partial charge in [0.25, 0.3) is 0 Å². The average Bonchev–Trinajstić information content (AvgIpc) is 2.88. The second-order valence-corrected chi connectivity index (χ2v) is 5.15. The Morgan fingerprint density at radius 1 is 1.11 bits per heavy atom. The molecule has 1 aromatic rings. The monoisotopic (exact) mass is 394 g/mol. The number of alkyl halides is 3. The van der Waals surface area contributed by atoms with Gasteiger partial charge in [-0.25, -0.2) is 9.59 Å². The molecule has 0 atom stereocenters. The van der Waals surface area contributed by atoms with Crippen molar-refractivity contribution in [2.45, 2.75) is 6.36 Å². The van der Waals surface area contributed by atoms with Gasteiger partial charge in [-0.05, 0) is 24.3 Å². The predicted octanol–water partition coefficient (Wildman–Crippen LogP) is 2.95. The van der Waals surface area contributed by atoms with E-state index in [9.17, 15) is 28.0 Å². The summed E-state index contributed by atoms with van der Waals surface area (Å²) in [5.74, 6) is -2.47. The molecule has 0 unspecified atom stereocenters. The van der Waals surface area contributed by atoms with E-state index in [1.807, 2.05) is 6.07 Å². The smallest absolute Gasteiger partial charge is 0.465 e. The number of carbonyl (C=O) groups is 2. The first-order chi connectivity index (χ1) is 13.2. The third-order valence-electron chi connectivity index (χ3n) is 3.47. The van der Waals surface area contributed by atoms with Gasteiger partial charge in [-0.1, -0.05) is 6.08 Å². The molecule has 0 bridgehead atoms. The summed E-state index contributed by atoms with van der Waals surface area (Å²) in [7, 11) is 2.16. The lowest BCUT2D eigenvalue weighted by molar-refractivity contribution is -0.274. The van der Waals surface area contributed by atoms with Crippen molar-refractivity contribution in [2.24, 2.45) is 0 Å². The first-order valence-corrected chi connectivity index (χ1v) is 7.56. The summed E-state index contributed by atoms with van der Waals surface area (Å²) in [6, 6.07) is 4.78. The zero-order valence-corrected chi connectivity index (χ0v) is 14.6. The van der Waals surface area contributed by atoms with Crippen molar-refractivity contribution >= 4 is 17.6 Å². The summed E-state index contributed by atoms with van der Waals surface area (Å²) < 4.78 is 50.9. The van der Waals surface area contributed by atoms with Crippen molar-refractivity contribution in [2.75, 3.05) is 19.1 Å². The van der Waals surface area contributed by atoms with E-state index >= 15 is 0 Å². The molecule has 0 N–H and O–H groups in total. The average molecular weight is 394 g/mol. The Morgan fingerprint density at radius 2 is 1.79 bits per heavy atom. The number of esters is 2. The minimum Gasteiger partial charge on any atom is -0.465 e. The molecule has 0 saturated carbocycles. The van der Waals surface area contributed by atoms with E-state index in [1.54, 1.807) is 0 Å². The molecular weight excluding hydrogens is 381 g/mol. The van der Waals surface area contributed by atoms with Gasteiger partial charge >= 0.3 is 18.3 Å². The Hall–Kier alpha value is -3.74. The standard InChI is InChI=1S/C18H13F3N2O5/c1-26-16(24)13-5-3-4-8-23(15(13)17(25)27-2)14-9-12(28-18(19,20)21)7-6-11(14)10-22/h3-9H,1-2H3. The molecule has 0 fully saturated rings. The lowest BCUT2D eigenvalue weighted by Gasteiger charge is -2.24. The van der Waals surface area contributed by atoms with Crippen LogP contribution in [-0.4, -0.2) is 32.5 Å². The highest BCUT2D eigenvalue weighted by Gasteiger charge is 2.33. The molecular formula is C18H13F3N2O5. The molecule has 0 radical (unpaired) electrons. The van der Waals surface area contributed by atoms with Crippen LogP contribution in [-0.2, 0) is 19.1 Å². The quantitative estimate of drug-likeness (QED) is 0.726. The lowest BCUT2D eigenvalue weighted by atomic mass is 10.1. The van der Waals surface area contributed by atoms with Crippen LogP contribution in [0.2, 0.25) is 0 Å². The van der Waals surface area contributed by atoms with E-state index in [2.05, 4.69) is 9.47 Å². The summed E-state index contributed by atoms with van der Waals surface area (Å²) >= 11 is 0. The van der Waals surface area contributed by atoms with Crippen LogP contribution in [0, 0.1) is 11.3 Å². The number of methoxy groups -OCH3 is 2. The van der Waals surface area contributed by atoms with E-state index in [0.29, 0.717) is 0 Å². The molecule has 10 heteroatoms. The van der Waals surface area contributed by atoms with E-state index < -0.39 is 24.1 Å². The van der Waals surface area contributed by atoms with Gasteiger partial charge in [0.2, 0.25) is 0 Å². The topological polar surface area (TPSA) is 88.9 Å². The fourth-order valence-corrected chi connectivity index (χ4v) is 2.35. The van der Waals surface area contributed by atoms with Crippen molar-refractivity contribution < 1.29 is 37.0 Å². The Balaban J connectivity index is 2.72. The van der Waals surface area contributed by atoms with Gasteiger partial charge in [-0.15, -0.1) is 13.2 Å². The minimum absolute atomic E-state index is 0.0771. The van der Waals surface area contributed by atoms with Crippen LogP contribution in [0.5, 0.6) is 5.75 Å². The van der Waals surface area contributed by atoms with Crippen LogP contribution in [0.1, 0.15) is 5.56 Å². The number of hydrogen-bond acceptors (Lipinski definition) is 7. The molecule has 0 aromatic heterocycles. The van der Waals surface area contributed by atoms with Crippen molar-refractivity contribution in [3.63, 3.8) is 0 Å². The molecule has 0 amide bonds. The maximum Gasteiger partial charge on any atom is 0.573 e. The summed E-state index contributed by atoms with van der Waals surface area (Å²) in [6.45, 7) is 0. The van der Waals surface area contributed by atoms with Gasteiger partial charge in [0, 0.05) is 12.3 Å². The molecule has 146 valence electrons. The van der Waals surface area contributed by atoms with Crippen molar-refractivity contribution in [3.05, 3.63) is 59.5 Å². The number of allylic oxidation sites excluding steroid dienone is 2. The molecule has 1 aliphatic heterocycles. The Kier molecular flexibility index (Phi) is 6.10. The van der Waals surface area contributed by atoms with E-state index in [-0.39, 0.29) is 22.5 Å². The number of rotatable bonds is 4. The van der Waals surface area contributed by atoms with E-state index in [1.165, 1.54) is 24.4 Å². The largest absolute Gasteiger partial charge is 0.573 e. The zero-order valence-electron chi connectivity index (χ0n) is 14.6. The van der Waals surface area contributed by atoms with Gasteiger partial charge < -0.3 is 19.1 Å². The molecule has 1 aromatic carbocycles. The fraction of sp³-hybridized carbons (Fsp3) is 0.167. The van der Waals surface area contributed by atoms with E-state index in [0.717, 1.165) is 37.3 Å². The second-order valence-electron chi connectivity index (χ2n) is 5.15. The highest BCUT2D eigenvalue weighted by atomic mass is 19.4. The van der Waals surface area contributed by atoms with Crippen molar-refractivity contribution in [1.29, 1.82) is 5.26 Å². The molecule has 2 rings (SSSR count). The molecule has 1 heterocycles. The molecule has 0 saturated heterocycles. The van der Waals surface area contributed by atoms with Crippen molar-refractivity contribution in [3.8, 4) is 11.8 Å². The predicted molar refractivity (Wildman–Crippen MR) is 89.7 cm³/mol. The van der Waals surface area contributed by atoms with Crippen LogP contribution in [0.15, 0.2) is 53.9 Å². The van der Waals surface area contributed by atoms with Crippen LogP contribution in [0.25, 0.3) is 0 Å². The Bertz CT molecular complexity index is 926. The number of nitrogens with zero attached hydrogens (tertiary/aromatic N) is 2. The number of ether oxygens (including phenoxy) is 3.